The van der Waals surface area contributed by atoms with Crippen molar-refractivity contribution >= 4 is 17.7 Å². The Balaban J connectivity index is 2.45. The largest absolute Gasteiger partial charge is 0.271 e. The molecule has 4 nitrogen and oxygen atoms in total. The first-order valence-electron chi connectivity index (χ1n) is 4.12. The molecule has 2 rings (SSSR count). The minimum atomic E-state index is -0.0851. The van der Waals surface area contributed by atoms with Gasteiger partial charge >= 0.3 is 0 Å². The summed E-state index contributed by atoms with van der Waals surface area (Å²) in [4.78, 5) is 15.6. The Morgan fingerprint density at radius 3 is 2.69 bits per heavy atom. The summed E-state index contributed by atoms with van der Waals surface area (Å²) >= 11 is 1.45. The van der Waals surface area contributed by atoms with Gasteiger partial charge in [0.25, 0.3) is 5.91 Å². The lowest BCUT2D eigenvalue weighted by molar-refractivity contribution is 0.0922. The second-order valence-electron chi connectivity index (χ2n) is 4.06. The van der Waals surface area contributed by atoms with Gasteiger partial charge in [-0.25, -0.2) is 4.98 Å². The van der Waals surface area contributed by atoms with Gasteiger partial charge in [0.15, 0.2) is 11.0 Å². The summed E-state index contributed by atoms with van der Waals surface area (Å²) in [5.74, 6) is 1.24. The zero-order chi connectivity index (χ0) is 9.64. The summed E-state index contributed by atoms with van der Waals surface area (Å²) in [5, 5.41) is 4.91. The number of carbonyl (C=O) groups is 1. The van der Waals surface area contributed by atoms with Crippen LogP contribution in [-0.2, 0) is 5.41 Å². The minimum Gasteiger partial charge on any atom is -0.271 e. The number of nitrogens with zero attached hydrogens (tertiary/aromatic N) is 3. The maximum atomic E-state index is 11.2. The third-order valence-electron chi connectivity index (χ3n) is 1.81. The Labute approximate surface area is 80.7 Å². The highest BCUT2D eigenvalue weighted by Crippen LogP contribution is 2.27. The second-order valence-corrected chi connectivity index (χ2v) is 5.00. The van der Waals surface area contributed by atoms with E-state index in [0.717, 1.165) is 11.0 Å². The number of carbonyl (C=O) groups excluding carboxylic acids is 1. The van der Waals surface area contributed by atoms with Crippen molar-refractivity contribution in [2.75, 3.05) is 5.75 Å². The molecule has 0 unspecified atom stereocenters. The van der Waals surface area contributed by atoms with E-state index in [1.165, 1.54) is 16.4 Å². The average Bonchev–Trinajstić information content (AvgIpc) is 2.51. The number of aromatic nitrogens is 3. The van der Waals surface area contributed by atoms with Crippen molar-refractivity contribution in [2.45, 2.75) is 31.3 Å². The fraction of sp³-hybridized carbons (Fsp3) is 0.625. The molecule has 0 saturated heterocycles. The molecule has 0 bridgehead atoms. The molecule has 0 fully saturated rings. The summed E-state index contributed by atoms with van der Waals surface area (Å²) in [6.45, 7) is 6.10. The second kappa shape index (κ2) is 2.57. The fourth-order valence-electron chi connectivity index (χ4n) is 1.06. The summed E-state index contributed by atoms with van der Waals surface area (Å²) in [5.41, 5.74) is -0.0851. The van der Waals surface area contributed by atoms with Crippen LogP contribution in [0.3, 0.4) is 0 Å². The first-order valence-corrected chi connectivity index (χ1v) is 5.10. The van der Waals surface area contributed by atoms with E-state index in [-0.39, 0.29) is 11.3 Å². The third kappa shape index (κ3) is 1.37. The number of fused-ring (bicyclic) bond motifs is 1. The van der Waals surface area contributed by atoms with Crippen molar-refractivity contribution in [1.29, 1.82) is 0 Å². The average molecular weight is 197 g/mol. The van der Waals surface area contributed by atoms with Gasteiger partial charge in [-0.15, -0.1) is 5.10 Å². The van der Waals surface area contributed by atoms with Crippen molar-refractivity contribution in [2.24, 2.45) is 0 Å². The van der Waals surface area contributed by atoms with Crippen molar-refractivity contribution in [3.8, 4) is 0 Å². The van der Waals surface area contributed by atoms with Crippen LogP contribution in [0, 0.1) is 0 Å². The third-order valence-corrected chi connectivity index (χ3v) is 2.72. The van der Waals surface area contributed by atoms with E-state index in [0.29, 0.717) is 5.75 Å². The van der Waals surface area contributed by atoms with Gasteiger partial charge in [0.05, 0.1) is 5.75 Å². The van der Waals surface area contributed by atoms with Gasteiger partial charge in [-0.1, -0.05) is 32.5 Å². The number of hydrogen-bond donors (Lipinski definition) is 0. The number of hydrogen-bond acceptors (Lipinski definition) is 4. The topological polar surface area (TPSA) is 47.8 Å². The van der Waals surface area contributed by atoms with E-state index < -0.39 is 0 Å². The molecule has 1 aliphatic rings. The summed E-state index contributed by atoms with van der Waals surface area (Å²) in [6.07, 6.45) is 0. The molecule has 0 N–H and O–H groups in total. The Hall–Kier alpha value is -0.840. The molecule has 1 aromatic heterocycles. The van der Waals surface area contributed by atoms with Crippen molar-refractivity contribution in [1.82, 2.24) is 14.8 Å². The van der Waals surface area contributed by atoms with Crippen LogP contribution >= 0.6 is 11.8 Å². The molecule has 0 aliphatic carbocycles. The van der Waals surface area contributed by atoms with Gasteiger partial charge in [-0.2, -0.15) is 4.68 Å². The molecule has 0 spiro atoms. The van der Waals surface area contributed by atoms with Crippen LogP contribution in [-0.4, -0.2) is 26.4 Å². The van der Waals surface area contributed by atoms with Crippen LogP contribution in [0.25, 0.3) is 0 Å². The van der Waals surface area contributed by atoms with E-state index >= 15 is 0 Å². The molecule has 0 amide bonds. The zero-order valence-corrected chi connectivity index (χ0v) is 8.68. The minimum absolute atomic E-state index is 0.0306. The Kier molecular flexibility index (Phi) is 1.73. The summed E-state index contributed by atoms with van der Waals surface area (Å²) in [6, 6.07) is 0. The van der Waals surface area contributed by atoms with Gasteiger partial charge in [0.1, 0.15) is 0 Å². The van der Waals surface area contributed by atoms with Crippen molar-refractivity contribution < 1.29 is 4.79 Å². The van der Waals surface area contributed by atoms with Crippen LogP contribution in [0.4, 0.5) is 0 Å². The lowest BCUT2D eigenvalue weighted by Crippen LogP contribution is -2.16. The molecule has 2 heterocycles. The van der Waals surface area contributed by atoms with Crippen molar-refractivity contribution in [3.63, 3.8) is 0 Å². The number of rotatable bonds is 0. The Morgan fingerprint density at radius 2 is 2.15 bits per heavy atom. The summed E-state index contributed by atoms with van der Waals surface area (Å²) in [7, 11) is 0. The van der Waals surface area contributed by atoms with Crippen LogP contribution in [0.5, 0.6) is 0 Å². The quantitative estimate of drug-likeness (QED) is 0.629. The van der Waals surface area contributed by atoms with Gasteiger partial charge in [0.2, 0.25) is 0 Å². The van der Waals surface area contributed by atoms with Crippen LogP contribution < -0.4 is 0 Å². The van der Waals surface area contributed by atoms with Gasteiger partial charge < -0.3 is 0 Å². The molecule has 1 aromatic rings. The molecule has 1 aliphatic heterocycles. The SMILES string of the molecule is CC(C)(C)c1nc2n(n1)C(=O)CS2. The Morgan fingerprint density at radius 1 is 1.46 bits per heavy atom. The number of thioether (sulfide) groups is 1. The highest BCUT2D eigenvalue weighted by atomic mass is 32.2. The predicted octanol–water partition coefficient (Wildman–Crippen LogP) is 1.32. The normalized spacial score (nSPS) is 16.4. The standard InChI is InChI=1S/C8H11N3OS/c1-8(2,3)6-9-7-11(10-6)5(12)4-13-7/h4H2,1-3H3. The van der Waals surface area contributed by atoms with Crippen LogP contribution in [0.2, 0.25) is 0 Å². The van der Waals surface area contributed by atoms with E-state index in [1.54, 1.807) is 0 Å². The molecule has 0 aromatic carbocycles. The van der Waals surface area contributed by atoms with Gasteiger partial charge in [-0.05, 0) is 0 Å². The molecule has 0 saturated carbocycles. The van der Waals surface area contributed by atoms with Gasteiger partial charge in [-0.3, -0.25) is 4.79 Å². The molecule has 0 atom stereocenters. The van der Waals surface area contributed by atoms with Gasteiger partial charge in [0, 0.05) is 5.41 Å². The zero-order valence-electron chi connectivity index (χ0n) is 7.87. The first kappa shape index (κ1) is 8.74. The molecular weight excluding hydrogens is 186 g/mol. The van der Waals surface area contributed by atoms with E-state index in [2.05, 4.69) is 10.1 Å². The highest BCUT2D eigenvalue weighted by molar-refractivity contribution is 8.00. The Bertz CT molecular complexity index is 364. The molecule has 0 radical (unpaired) electrons. The maximum absolute atomic E-state index is 11.2. The molecule has 5 heteroatoms. The molecule has 70 valence electrons. The lowest BCUT2D eigenvalue weighted by Gasteiger charge is -2.12. The monoisotopic (exact) mass is 197 g/mol. The van der Waals surface area contributed by atoms with Crippen LogP contribution in [0.1, 0.15) is 31.4 Å². The predicted molar refractivity (Wildman–Crippen MR) is 50.1 cm³/mol. The molecular formula is C8H11N3OS. The smallest absolute Gasteiger partial charge is 0.259 e. The van der Waals surface area contributed by atoms with Crippen LogP contribution in [0.15, 0.2) is 5.16 Å². The maximum Gasteiger partial charge on any atom is 0.259 e. The van der Waals surface area contributed by atoms with E-state index in [4.69, 9.17) is 0 Å². The summed E-state index contributed by atoms with van der Waals surface area (Å²) < 4.78 is 1.41. The van der Waals surface area contributed by atoms with E-state index in [9.17, 15) is 4.79 Å². The molecule has 13 heavy (non-hydrogen) atoms. The van der Waals surface area contributed by atoms with Crippen molar-refractivity contribution in [3.05, 3.63) is 5.82 Å². The van der Waals surface area contributed by atoms with E-state index in [1.807, 2.05) is 20.8 Å². The lowest BCUT2D eigenvalue weighted by atomic mass is 9.96. The first-order chi connectivity index (χ1) is 5.98. The fourth-order valence-corrected chi connectivity index (χ4v) is 1.85. The highest BCUT2D eigenvalue weighted by Gasteiger charge is 2.28.